The van der Waals surface area contributed by atoms with Crippen molar-refractivity contribution in [2.24, 2.45) is 5.92 Å². The van der Waals surface area contributed by atoms with Crippen molar-refractivity contribution in [3.63, 3.8) is 0 Å². The summed E-state index contributed by atoms with van der Waals surface area (Å²) in [6.45, 7) is 0.624. The summed E-state index contributed by atoms with van der Waals surface area (Å²) in [6, 6.07) is 9.73. The van der Waals surface area contributed by atoms with Crippen molar-refractivity contribution in [2.75, 3.05) is 13.7 Å². The second-order valence-corrected chi connectivity index (χ2v) is 3.86. The fourth-order valence-corrected chi connectivity index (χ4v) is 1.69. The van der Waals surface area contributed by atoms with E-state index in [2.05, 4.69) is 0 Å². The Morgan fingerprint density at radius 1 is 1.38 bits per heavy atom. The first-order chi connectivity index (χ1) is 7.74. The number of carboxylic acids is 1. The minimum Gasteiger partial charge on any atom is -0.481 e. The number of benzene rings is 1. The summed E-state index contributed by atoms with van der Waals surface area (Å²) in [4.78, 5) is 11.1. The number of hydrogen-bond acceptors (Lipinski definition) is 2. The molecule has 1 aromatic carbocycles. The molecule has 16 heavy (non-hydrogen) atoms. The second-order valence-electron chi connectivity index (χ2n) is 3.86. The molecule has 0 saturated heterocycles. The third-order valence-electron chi connectivity index (χ3n) is 2.58. The number of rotatable bonds is 7. The standard InChI is InChI=1S/C13H18O3/c1-16-9-5-8-12(13(14)15)10-11-6-3-2-4-7-11/h2-4,6-7,12H,5,8-10H2,1H3,(H,14,15). The van der Waals surface area contributed by atoms with Crippen LogP contribution in [0.15, 0.2) is 30.3 Å². The quantitative estimate of drug-likeness (QED) is 0.720. The van der Waals surface area contributed by atoms with E-state index in [1.54, 1.807) is 7.11 Å². The minimum atomic E-state index is -0.722. The second kappa shape index (κ2) is 7.01. The van der Waals surface area contributed by atoms with Crippen molar-refractivity contribution >= 4 is 5.97 Å². The molecule has 3 nitrogen and oxygen atoms in total. The van der Waals surface area contributed by atoms with Crippen molar-refractivity contribution in [2.45, 2.75) is 19.3 Å². The van der Waals surface area contributed by atoms with Crippen LogP contribution in [0.25, 0.3) is 0 Å². The molecule has 0 aliphatic carbocycles. The van der Waals surface area contributed by atoms with Gasteiger partial charge in [0.05, 0.1) is 5.92 Å². The predicted octanol–water partition coefficient (Wildman–Crippen LogP) is 2.36. The average Bonchev–Trinajstić information content (AvgIpc) is 2.29. The molecule has 1 N–H and O–H groups in total. The summed E-state index contributed by atoms with van der Waals surface area (Å²) in [6.07, 6.45) is 2.05. The molecule has 0 fully saturated rings. The lowest BCUT2D eigenvalue weighted by atomic mass is 9.95. The monoisotopic (exact) mass is 222 g/mol. The fourth-order valence-electron chi connectivity index (χ4n) is 1.69. The van der Waals surface area contributed by atoms with E-state index in [4.69, 9.17) is 9.84 Å². The first kappa shape index (κ1) is 12.7. The molecule has 3 heteroatoms. The maximum atomic E-state index is 11.1. The summed E-state index contributed by atoms with van der Waals surface area (Å²) in [7, 11) is 1.63. The van der Waals surface area contributed by atoms with Gasteiger partial charge in [0.25, 0.3) is 0 Å². The van der Waals surface area contributed by atoms with Crippen molar-refractivity contribution in [1.82, 2.24) is 0 Å². The zero-order valence-electron chi connectivity index (χ0n) is 9.56. The molecule has 0 spiro atoms. The third-order valence-corrected chi connectivity index (χ3v) is 2.58. The smallest absolute Gasteiger partial charge is 0.306 e. The van der Waals surface area contributed by atoms with Crippen LogP contribution in [-0.2, 0) is 16.0 Å². The Kier molecular flexibility index (Phi) is 5.57. The molecular weight excluding hydrogens is 204 g/mol. The van der Waals surface area contributed by atoms with Crippen LogP contribution in [0.3, 0.4) is 0 Å². The highest BCUT2D eigenvalue weighted by molar-refractivity contribution is 5.70. The van der Waals surface area contributed by atoms with Crippen molar-refractivity contribution in [1.29, 1.82) is 0 Å². The molecule has 1 atom stereocenters. The lowest BCUT2D eigenvalue weighted by Gasteiger charge is -2.11. The number of ether oxygens (including phenoxy) is 1. The SMILES string of the molecule is COCCCC(Cc1ccccc1)C(=O)O. The molecule has 0 aliphatic rings. The van der Waals surface area contributed by atoms with Crippen LogP contribution in [0, 0.1) is 5.92 Å². The van der Waals surface area contributed by atoms with E-state index in [1.807, 2.05) is 30.3 Å². The summed E-state index contributed by atoms with van der Waals surface area (Å²) in [5, 5.41) is 9.09. The maximum absolute atomic E-state index is 11.1. The summed E-state index contributed by atoms with van der Waals surface area (Å²) >= 11 is 0. The zero-order valence-corrected chi connectivity index (χ0v) is 9.56. The van der Waals surface area contributed by atoms with E-state index in [9.17, 15) is 4.79 Å². The van der Waals surface area contributed by atoms with Crippen LogP contribution in [0.4, 0.5) is 0 Å². The van der Waals surface area contributed by atoms with Crippen molar-refractivity contribution in [3.8, 4) is 0 Å². The molecule has 0 aliphatic heterocycles. The summed E-state index contributed by atoms with van der Waals surface area (Å²) < 4.78 is 4.93. The van der Waals surface area contributed by atoms with Gasteiger partial charge in [0, 0.05) is 13.7 Å². The first-order valence-corrected chi connectivity index (χ1v) is 5.49. The van der Waals surface area contributed by atoms with Gasteiger partial charge in [-0.3, -0.25) is 4.79 Å². The molecule has 1 rings (SSSR count). The van der Waals surface area contributed by atoms with E-state index < -0.39 is 5.97 Å². The Balaban J connectivity index is 2.48. The van der Waals surface area contributed by atoms with Gasteiger partial charge in [0.2, 0.25) is 0 Å². The Labute approximate surface area is 96.1 Å². The Hall–Kier alpha value is -1.35. The molecule has 0 aromatic heterocycles. The van der Waals surface area contributed by atoms with E-state index in [-0.39, 0.29) is 5.92 Å². The predicted molar refractivity (Wildman–Crippen MR) is 62.4 cm³/mol. The molecule has 1 unspecified atom stereocenters. The molecule has 0 amide bonds. The van der Waals surface area contributed by atoms with Crippen molar-refractivity contribution in [3.05, 3.63) is 35.9 Å². The van der Waals surface area contributed by atoms with Crippen molar-refractivity contribution < 1.29 is 14.6 Å². The molecule has 0 bridgehead atoms. The van der Waals surface area contributed by atoms with Gasteiger partial charge in [-0.15, -0.1) is 0 Å². The number of hydrogen-bond donors (Lipinski definition) is 1. The minimum absolute atomic E-state index is 0.308. The van der Waals surface area contributed by atoms with Crippen LogP contribution in [-0.4, -0.2) is 24.8 Å². The number of carbonyl (C=O) groups is 1. The summed E-state index contributed by atoms with van der Waals surface area (Å²) in [5.74, 6) is -1.03. The van der Waals surface area contributed by atoms with Crippen LogP contribution in [0.2, 0.25) is 0 Å². The van der Waals surface area contributed by atoms with Crippen LogP contribution in [0.1, 0.15) is 18.4 Å². The normalized spacial score (nSPS) is 12.3. The number of methoxy groups -OCH3 is 1. The van der Waals surface area contributed by atoms with Gasteiger partial charge in [-0.2, -0.15) is 0 Å². The van der Waals surface area contributed by atoms with E-state index in [0.29, 0.717) is 19.4 Å². The van der Waals surface area contributed by atoms with Gasteiger partial charge in [0.15, 0.2) is 0 Å². The number of carboxylic acid groups (broad SMARTS) is 1. The van der Waals surface area contributed by atoms with Gasteiger partial charge < -0.3 is 9.84 Å². The molecule has 88 valence electrons. The lowest BCUT2D eigenvalue weighted by Crippen LogP contribution is -2.17. The van der Waals surface area contributed by atoms with Crippen LogP contribution in [0.5, 0.6) is 0 Å². The fraction of sp³-hybridized carbons (Fsp3) is 0.462. The van der Waals surface area contributed by atoms with Crippen LogP contribution >= 0.6 is 0 Å². The van der Waals surface area contributed by atoms with E-state index in [1.165, 1.54) is 0 Å². The maximum Gasteiger partial charge on any atom is 0.306 e. The Morgan fingerprint density at radius 2 is 2.06 bits per heavy atom. The highest BCUT2D eigenvalue weighted by atomic mass is 16.5. The number of aliphatic carboxylic acids is 1. The topological polar surface area (TPSA) is 46.5 Å². The zero-order chi connectivity index (χ0) is 11.8. The van der Waals surface area contributed by atoms with E-state index in [0.717, 1.165) is 12.0 Å². The summed E-state index contributed by atoms with van der Waals surface area (Å²) in [5.41, 5.74) is 1.08. The van der Waals surface area contributed by atoms with Gasteiger partial charge in [-0.25, -0.2) is 0 Å². The van der Waals surface area contributed by atoms with Gasteiger partial charge >= 0.3 is 5.97 Å². The Bertz CT molecular complexity index is 308. The average molecular weight is 222 g/mol. The Morgan fingerprint density at radius 3 is 2.62 bits per heavy atom. The molecule has 0 heterocycles. The molecule has 0 saturated carbocycles. The lowest BCUT2D eigenvalue weighted by molar-refractivity contribution is -0.142. The van der Waals surface area contributed by atoms with Gasteiger partial charge in [0.1, 0.15) is 0 Å². The highest BCUT2D eigenvalue weighted by Gasteiger charge is 2.17. The first-order valence-electron chi connectivity index (χ1n) is 5.49. The van der Waals surface area contributed by atoms with E-state index >= 15 is 0 Å². The third kappa shape index (κ3) is 4.45. The molecule has 0 radical (unpaired) electrons. The molecular formula is C13H18O3. The molecule has 1 aromatic rings. The van der Waals surface area contributed by atoms with Gasteiger partial charge in [-0.1, -0.05) is 30.3 Å². The largest absolute Gasteiger partial charge is 0.481 e. The highest BCUT2D eigenvalue weighted by Crippen LogP contribution is 2.14. The van der Waals surface area contributed by atoms with Crippen LogP contribution < -0.4 is 0 Å². The van der Waals surface area contributed by atoms with Gasteiger partial charge in [-0.05, 0) is 24.8 Å².